The molecule has 156 valence electrons. The quantitative estimate of drug-likeness (QED) is 0.336. The molecular formula is C26H21ClFNO2. The summed E-state index contributed by atoms with van der Waals surface area (Å²) in [6, 6.07) is 27.2. The van der Waals surface area contributed by atoms with Crippen molar-refractivity contribution in [1.82, 2.24) is 4.90 Å². The Kier molecular flexibility index (Phi) is 6.48. The molecule has 0 aliphatic carbocycles. The first-order valence-corrected chi connectivity index (χ1v) is 10.3. The van der Waals surface area contributed by atoms with Crippen LogP contribution in [0.4, 0.5) is 4.39 Å². The van der Waals surface area contributed by atoms with Crippen molar-refractivity contribution in [3.63, 3.8) is 0 Å². The molecule has 3 nitrogen and oxygen atoms in total. The lowest BCUT2D eigenvalue weighted by atomic mass is 9.89. The molecule has 0 radical (unpaired) electrons. The highest BCUT2D eigenvalue weighted by molar-refractivity contribution is 6.31. The van der Waals surface area contributed by atoms with E-state index < -0.39 is 11.7 Å². The van der Waals surface area contributed by atoms with Crippen molar-refractivity contribution in [3.8, 4) is 0 Å². The van der Waals surface area contributed by atoms with Gasteiger partial charge in [0.05, 0.1) is 25.3 Å². The van der Waals surface area contributed by atoms with E-state index in [2.05, 4.69) is 0 Å². The van der Waals surface area contributed by atoms with Gasteiger partial charge in [0.2, 0.25) is 5.91 Å². The molecule has 1 heterocycles. The molecule has 0 bridgehead atoms. The zero-order chi connectivity index (χ0) is 21.6. The summed E-state index contributed by atoms with van der Waals surface area (Å²) in [5, 5.41) is 0.285. The van der Waals surface area contributed by atoms with Gasteiger partial charge in [-0.3, -0.25) is 4.79 Å². The number of rotatable bonds is 7. The summed E-state index contributed by atoms with van der Waals surface area (Å²) in [5.74, 6) is -0.530. The fourth-order valence-electron chi connectivity index (χ4n) is 3.63. The van der Waals surface area contributed by atoms with Crippen molar-refractivity contribution in [2.45, 2.75) is 19.0 Å². The SMILES string of the molecule is O=C(C(c1ccccc1)c1ccccc1)N(Cc1ccco1)Cc1c(F)cccc1Cl. The average Bonchev–Trinajstić information content (AvgIpc) is 3.30. The molecule has 31 heavy (non-hydrogen) atoms. The van der Waals surface area contributed by atoms with Gasteiger partial charge >= 0.3 is 0 Å². The minimum absolute atomic E-state index is 0.0290. The zero-order valence-electron chi connectivity index (χ0n) is 16.7. The molecule has 3 aromatic carbocycles. The monoisotopic (exact) mass is 433 g/mol. The van der Waals surface area contributed by atoms with Crippen molar-refractivity contribution in [3.05, 3.63) is 131 Å². The smallest absolute Gasteiger partial charge is 0.235 e. The van der Waals surface area contributed by atoms with E-state index in [1.165, 1.54) is 6.07 Å². The Hall–Kier alpha value is -3.37. The summed E-state index contributed by atoms with van der Waals surface area (Å²) in [6.45, 7) is 0.230. The number of amides is 1. The van der Waals surface area contributed by atoms with Gasteiger partial charge in [-0.1, -0.05) is 78.3 Å². The van der Waals surface area contributed by atoms with Gasteiger partial charge in [-0.2, -0.15) is 0 Å². The molecule has 1 amide bonds. The molecule has 5 heteroatoms. The van der Waals surface area contributed by atoms with Crippen molar-refractivity contribution in [2.75, 3.05) is 0 Å². The molecule has 0 saturated heterocycles. The molecule has 4 aromatic rings. The molecule has 0 unspecified atom stereocenters. The molecule has 0 atom stereocenters. The van der Waals surface area contributed by atoms with Gasteiger partial charge in [0.1, 0.15) is 11.6 Å². The molecule has 0 fully saturated rings. The number of benzene rings is 3. The maximum Gasteiger partial charge on any atom is 0.235 e. The molecule has 0 spiro atoms. The van der Waals surface area contributed by atoms with E-state index in [4.69, 9.17) is 16.0 Å². The molecule has 4 rings (SSSR count). The highest BCUT2D eigenvalue weighted by Crippen LogP contribution is 2.30. The lowest BCUT2D eigenvalue weighted by Gasteiger charge is -2.28. The van der Waals surface area contributed by atoms with Gasteiger partial charge < -0.3 is 9.32 Å². The fourth-order valence-corrected chi connectivity index (χ4v) is 3.85. The van der Waals surface area contributed by atoms with Crippen LogP contribution < -0.4 is 0 Å². The second-order valence-electron chi connectivity index (χ2n) is 7.23. The Balaban J connectivity index is 1.75. The minimum Gasteiger partial charge on any atom is -0.467 e. The van der Waals surface area contributed by atoms with E-state index in [-0.39, 0.29) is 29.6 Å². The van der Waals surface area contributed by atoms with Crippen LogP contribution in [0.5, 0.6) is 0 Å². The number of carbonyl (C=O) groups is 1. The number of carbonyl (C=O) groups excluding carboxylic acids is 1. The molecule has 0 N–H and O–H groups in total. The van der Waals surface area contributed by atoms with Gasteiger partial charge in [0.25, 0.3) is 0 Å². The molecule has 0 aliphatic rings. The third kappa shape index (κ3) is 4.86. The van der Waals surface area contributed by atoms with Gasteiger partial charge in [-0.05, 0) is 35.4 Å². The predicted octanol–water partition coefficient (Wildman–Crippen LogP) is 6.43. The largest absolute Gasteiger partial charge is 0.467 e. The maximum atomic E-state index is 14.6. The van der Waals surface area contributed by atoms with E-state index in [9.17, 15) is 9.18 Å². The summed E-state index contributed by atoms with van der Waals surface area (Å²) in [5.41, 5.74) is 2.01. The Labute approximate surface area is 185 Å². The maximum absolute atomic E-state index is 14.6. The van der Waals surface area contributed by atoms with Crippen LogP contribution in [0.25, 0.3) is 0 Å². The first-order chi connectivity index (χ1) is 15.1. The summed E-state index contributed by atoms with van der Waals surface area (Å²) in [7, 11) is 0. The third-order valence-corrected chi connectivity index (χ3v) is 5.52. The average molecular weight is 434 g/mol. The summed E-state index contributed by atoms with van der Waals surface area (Å²) in [4.78, 5) is 15.5. The number of hydrogen-bond donors (Lipinski definition) is 0. The van der Waals surface area contributed by atoms with Crippen LogP contribution in [0, 0.1) is 5.82 Å². The highest BCUT2D eigenvalue weighted by atomic mass is 35.5. The van der Waals surface area contributed by atoms with Crippen molar-refractivity contribution >= 4 is 17.5 Å². The number of hydrogen-bond acceptors (Lipinski definition) is 2. The Morgan fingerprint density at radius 3 is 2.03 bits per heavy atom. The van der Waals surface area contributed by atoms with Gasteiger partial charge in [0.15, 0.2) is 0 Å². The first kappa shape index (κ1) is 20.9. The topological polar surface area (TPSA) is 33.5 Å². The lowest BCUT2D eigenvalue weighted by molar-refractivity contribution is -0.133. The number of halogens is 2. The van der Waals surface area contributed by atoms with Gasteiger partial charge in [0, 0.05) is 10.6 Å². The first-order valence-electron chi connectivity index (χ1n) is 9.97. The van der Waals surface area contributed by atoms with Crippen molar-refractivity contribution in [2.24, 2.45) is 0 Å². The van der Waals surface area contributed by atoms with Crippen LogP contribution in [0.2, 0.25) is 5.02 Å². The molecule has 0 aliphatic heterocycles. The predicted molar refractivity (Wildman–Crippen MR) is 119 cm³/mol. The van der Waals surface area contributed by atoms with Crippen molar-refractivity contribution in [1.29, 1.82) is 0 Å². The van der Waals surface area contributed by atoms with Crippen LogP contribution in [0.1, 0.15) is 28.4 Å². The molecule has 1 aromatic heterocycles. The van der Waals surface area contributed by atoms with E-state index in [1.54, 1.807) is 35.4 Å². The van der Waals surface area contributed by atoms with Gasteiger partial charge in [-0.25, -0.2) is 4.39 Å². The van der Waals surface area contributed by atoms with Crippen LogP contribution in [0.15, 0.2) is 102 Å². The van der Waals surface area contributed by atoms with Crippen LogP contribution in [-0.4, -0.2) is 10.8 Å². The van der Waals surface area contributed by atoms with Crippen LogP contribution >= 0.6 is 11.6 Å². The van der Waals surface area contributed by atoms with E-state index in [1.807, 2.05) is 60.7 Å². The minimum atomic E-state index is -0.539. The zero-order valence-corrected chi connectivity index (χ0v) is 17.5. The van der Waals surface area contributed by atoms with Crippen molar-refractivity contribution < 1.29 is 13.6 Å². The summed E-state index contributed by atoms with van der Waals surface area (Å²) >= 11 is 6.27. The van der Waals surface area contributed by atoms with Gasteiger partial charge in [-0.15, -0.1) is 0 Å². The fraction of sp³-hybridized carbons (Fsp3) is 0.115. The lowest BCUT2D eigenvalue weighted by Crippen LogP contribution is -2.35. The third-order valence-electron chi connectivity index (χ3n) is 5.16. The van der Waals surface area contributed by atoms with E-state index in [0.717, 1.165) is 11.1 Å². The summed E-state index contributed by atoms with van der Waals surface area (Å²) in [6.07, 6.45) is 1.56. The molecular weight excluding hydrogens is 413 g/mol. The number of furan rings is 1. The van der Waals surface area contributed by atoms with E-state index in [0.29, 0.717) is 5.76 Å². The number of nitrogens with zero attached hydrogens (tertiary/aromatic N) is 1. The Morgan fingerprint density at radius 1 is 0.839 bits per heavy atom. The Bertz CT molecular complexity index is 1070. The summed E-state index contributed by atoms with van der Waals surface area (Å²) < 4.78 is 20.0. The second-order valence-corrected chi connectivity index (χ2v) is 7.64. The van der Waals surface area contributed by atoms with Crippen LogP contribution in [0.3, 0.4) is 0 Å². The normalized spacial score (nSPS) is 10.9. The standard InChI is InChI=1S/C26H21ClFNO2/c27-23-14-7-15-24(28)22(23)18-29(17-21-13-8-16-31-21)26(30)25(19-9-3-1-4-10-19)20-11-5-2-6-12-20/h1-16,25H,17-18H2. The van der Waals surface area contributed by atoms with E-state index >= 15 is 0 Å². The second kappa shape index (κ2) is 9.63. The van der Waals surface area contributed by atoms with Crippen LogP contribution in [-0.2, 0) is 17.9 Å². The Morgan fingerprint density at radius 2 is 1.48 bits per heavy atom. The molecule has 0 saturated carbocycles. The highest BCUT2D eigenvalue weighted by Gasteiger charge is 2.29.